The monoisotopic (exact) mass is 476 g/mol. The molecule has 0 fully saturated rings. The quantitative estimate of drug-likeness (QED) is 0.161. The zero-order chi connectivity index (χ0) is 23.6. The molecule has 0 radical (unpaired) electrons. The Morgan fingerprint density at radius 1 is 0.364 bits per heavy atom. The van der Waals surface area contributed by atoms with Gasteiger partial charge in [-0.2, -0.15) is 0 Å². The van der Waals surface area contributed by atoms with E-state index in [1.807, 2.05) is 0 Å². The van der Waals surface area contributed by atoms with Crippen molar-refractivity contribution in [1.82, 2.24) is 14.7 Å². The van der Waals surface area contributed by atoms with Crippen LogP contribution in [0.1, 0.15) is 133 Å². The molecule has 0 aromatic rings. The maximum Gasteiger partial charge on any atom is 0.0956 e. The van der Waals surface area contributed by atoms with Gasteiger partial charge in [-0.15, -0.1) is 0 Å². The Hall–Kier alpha value is -0.160. The predicted octanol–water partition coefficient (Wildman–Crippen LogP) is 7.90. The van der Waals surface area contributed by atoms with Crippen molar-refractivity contribution in [3.8, 4) is 0 Å². The van der Waals surface area contributed by atoms with Gasteiger partial charge in [-0.1, -0.05) is 94.9 Å². The van der Waals surface area contributed by atoms with Crippen LogP contribution < -0.4 is 0 Å². The lowest BCUT2D eigenvalue weighted by Gasteiger charge is -2.27. The highest BCUT2D eigenvalue weighted by molar-refractivity contribution is 4.64. The van der Waals surface area contributed by atoms with Crippen molar-refractivity contribution in [3.63, 3.8) is 0 Å². The molecule has 206 valence electrons. The van der Waals surface area contributed by atoms with Gasteiger partial charge in [0.25, 0.3) is 0 Å². The molecule has 0 bridgehead atoms. The van der Waals surface area contributed by atoms with Crippen molar-refractivity contribution in [1.29, 1.82) is 0 Å². The van der Waals surface area contributed by atoms with Crippen LogP contribution >= 0.6 is 0 Å². The zero-order valence-corrected chi connectivity index (χ0v) is 22.6. The Morgan fingerprint density at radius 2 is 0.576 bits per heavy atom. The zero-order valence-electron chi connectivity index (χ0n) is 22.6. The number of rotatable bonds is 22. The number of aliphatic hydroxyl groups excluding tert-OH is 1. The molecule has 0 heterocycles. The largest absolute Gasteiger partial charge is 0.381 e. The number of aliphatic hydroxyl groups is 1. The second-order valence-corrected chi connectivity index (χ2v) is 9.06. The lowest BCUT2D eigenvalue weighted by atomic mass is 10.2. The molecule has 0 aromatic heterocycles. The molecule has 0 amide bonds. The molecule has 0 spiro atoms. The summed E-state index contributed by atoms with van der Waals surface area (Å²) in [7, 11) is 0. The van der Waals surface area contributed by atoms with Gasteiger partial charge in [0.1, 0.15) is 0 Å². The number of nitrogens with zero attached hydrogens (tertiary/aromatic N) is 3. The fraction of sp³-hybridized carbons (Fsp3) is 1.00. The molecule has 0 saturated carbocycles. The van der Waals surface area contributed by atoms with Crippen LogP contribution in [0.15, 0.2) is 0 Å². The predicted molar refractivity (Wildman–Crippen MR) is 154 cm³/mol. The van der Waals surface area contributed by atoms with E-state index in [9.17, 15) is 0 Å². The van der Waals surface area contributed by atoms with Crippen LogP contribution in [0.4, 0.5) is 0 Å². The molecule has 0 aliphatic heterocycles. The van der Waals surface area contributed by atoms with Gasteiger partial charge in [-0.25, -0.2) is 0 Å². The first-order valence-electron chi connectivity index (χ1n) is 13.9. The molecular weight excluding hydrogens is 406 g/mol. The highest BCUT2D eigenvalue weighted by Gasteiger charge is 2.08. The van der Waals surface area contributed by atoms with Gasteiger partial charge >= 0.3 is 0 Å². The van der Waals surface area contributed by atoms with E-state index >= 15 is 0 Å². The van der Waals surface area contributed by atoms with Crippen molar-refractivity contribution >= 4 is 0 Å². The van der Waals surface area contributed by atoms with Crippen LogP contribution in [0.2, 0.25) is 0 Å². The lowest BCUT2D eigenvalue weighted by Crippen LogP contribution is -2.37. The van der Waals surface area contributed by atoms with E-state index in [2.05, 4.69) is 56.2 Å². The van der Waals surface area contributed by atoms with Crippen LogP contribution in [-0.4, -0.2) is 78.9 Å². The van der Waals surface area contributed by atoms with Crippen LogP contribution in [0.25, 0.3) is 0 Å². The van der Waals surface area contributed by atoms with Crippen molar-refractivity contribution in [3.05, 3.63) is 0 Å². The normalized spacial score (nSPS) is 10.7. The molecule has 1 N–H and O–H groups in total. The standard InChI is InChI=1S/C18H40N2.C9H21NO.2CH4/c1-5-9-13-19(14-10-6-2)17-18-20(15-11-7-3)16-12-8-4;1-3-5-7-10(9-11)8-6-4-2;;/h5-18H2,1-4H3;11H,3-9H2,1-2H3;2*1H4. The molecule has 0 unspecified atom stereocenters. The molecule has 0 atom stereocenters. The second-order valence-electron chi connectivity index (χ2n) is 9.06. The number of hydrogen-bond donors (Lipinski definition) is 1. The van der Waals surface area contributed by atoms with Crippen molar-refractivity contribution in [2.45, 2.75) is 133 Å². The first-order valence-corrected chi connectivity index (χ1v) is 13.9. The molecule has 0 aliphatic carbocycles. The third kappa shape index (κ3) is 29.8. The summed E-state index contributed by atoms with van der Waals surface area (Å²) in [6.45, 7) is 23.6. The Labute approximate surface area is 212 Å². The summed E-state index contributed by atoms with van der Waals surface area (Å²) in [6.07, 6.45) is 15.5. The van der Waals surface area contributed by atoms with E-state index in [0.717, 1.165) is 13.1 Å². The summed E-state index contributed by atoms with van der Waals surface area (Å²) >= 11 is 0. The molecule has 33 heavy (non-hydrogen) atoms. The molecular formula is C29H69N3O. The molecule has 0 aromatic carbocycles. The van der Waals surface area contributed by atoms with Gasteiger partial charge in [0.05, 0.1) is 6.73 Å². The fourth-order valence-electron chi connectivity index (χ4n) is 3.50. The summed E-state index contributed by atoms with van der Waals surface area (Å²) in [5.74, 6) is 0. The topological polar surface area (TPSA) is 30.0 Å². The maximum atomic E-state index is 8.91. The number of unbranched alkanes of at least 4 members (excludes halogenated alkanes) is 6. The van der Waals surface area contributed by atoms with Gasteiger partial charge in [0.15, 0.2) is 0 Å². The van der Waals surface area contributed by atoms with E-state index in [1.54, 1.807) is 0 Å². The van der Waals surface area contributed by atoms with E-state index in [0.29, 0.717) is 0 Å². The Bertz CT molecular complexity index is 271. The SMILES string of the molecule is C.C.CCCCN(CCCC)CCN(CCCC)CCCC.CCCCN(CO)CCCC. The van der Waals surface area contributed by atoms with E-state index in [-0.39, 0.29) is 21.6 Å². The highest BCUT2D eigenvalue weighted by Crippen LogP contribution is 2.03. The average Bonchev–Trinajstić information content (AvgIpc) is 2.80. The molecule has 0 aliphatic rings. The van der Waals surface area contributed by atoms with Crippen LogP contribution in [0.5, 0.6) is 0 Å². The van der Waals surface area contributed by atoms with Crippen LogP contribution in [-0.2, 0) is 0 Å². The minimum absolute atomic E-state index is 0. The smallest absolute Gasteiger partial charge is 0.0956 e. The summed E-state index contributed by atoms with van der Waals surface area (Å²) in [6, 6.07) is 0. The molecule has 0 rings (SSSR count). The lowest BCUT2D eigenvalue weighted by molar-refractivity contribution is 0.104. The Kier molecular flexibility index (Phi) is 41.3. The van der Waals surface area contributed by atoms with Crippen molar-refractivity contribution in [2.75, 3.05) is 59.1 Å². The molecule has 4 nitrogen and oxygen atoms in total. The van der Waals surface area contributed by atoms with Crippen molar-refractivity contribution < 1.29 is 5.11 Å². The van der Waals surface area contributed by atoms with Crippen LogP contribution in [0, 0.1) is 0 Å². The first-order chi connectivity index (χ1) is 15.1. The third-order valence-corrected chi connectivity index (χ3v) is 5.90. The summed E-state index contributed by atoms with van der Waals surface area (Å²) in [5.41, 5.74) is 0. The van der Waals surface area contributed by atoms with E-state index in [1.165, 1.54) is 116 Å². The summed E-state index contributed by atoms with van der Waals surface area (Å²) < 4.78 is 0. The number of hydrogen-bond acceptors (Lipinski definition) is 4. The van der Waals surface area contributed by atoms with Gasteiger partial charge in [0.2, 0.25) is 0 Å². The highest BCUT2D eigenvalue weighted by atomic mass is 16.3. The van der Waals surface area contributed by atoms with Gasteiger partial charge in [-0.3, -0.25) is 4.90 Å². The Balaban J connectivity index is -0.000000278. The molecule has 4 heteroatoms. The maximum absolute atomic E-state index is 8.91. The summed E-state index contributed by atoms with van der Waals surface area (Å²) in [4.78, 5) is 7.49. The minimum Gasteiger partial charge on any atom is -0.381 e. The summed E-state index contributed by atoms with van der Waals surface area (Å²) in [5, 5.41) is 8.91. The van der Waals surface area contributed by atoms with E-state index in [4.69, 9.17) is 5.11 Å². The average molecular weight is 476 g/mol. The molecule has 0 saturated heterocycles. The van der Waals surface area contributed by atoms with E-state index < -0.39 is 0 Å². The Morgan fingerprint density at radius 3 is 0.758 bits per heavy atom. The minimum atomic E-state index is 0. The fourth-order valence-corrected chi connectivity index (χ4v) is 3.50. The second kappa shape index (κ2) is 34.0. The van der Waals surface area contributed by atoms with Gasteiger partial charge < -0.3 is 14.9 Å². The van der Waals surface area contributed by atoms with Gasteiger partial charge in [-0.05, 0) is 64.7 Å². The third-order valence-electron chi connectivity index (χ3n) is 5.90. The van der Waals surface area contributed by atoms with Gasteiger partial charge in [0, 0.05) is 26.2 Å². The van der Waals surface area contributed by atoms with Crippen molar-refractivity contribution in [2.24, 2.45) is 0 Å². The van der Waals surface area contributed by atoms with Crippen LogP contribution in [0.3, 0.4) is 0 Å². The first kappa shape index (κ1) is 40.0.